The molecule has 1 aliphatic rings. The Balaban J connectivity index is 1.94. The maximum Gasteiger partial charge on any atom is 0.338 e. The molecule has 0 atom stereocenters. The number of benzene rings is 2. The zero-order chi connectivity index (χ0) is 22.7. The van der Waals surface area contributed by atoms with Crippen LogP contribution < -0.4 is 20.3 Å². The molecule has 0 radical (unpaired) electrons. The van der Waals surface area contributed by atoms with Gasteiger partial charge in [0.25, 0.3) is 17.5 Å². The molecule has 2 amide bonds. The van der Waals surface area contributed by atoms with Gasteiger partial charge in [0, 0.05) is 6.07 Å². The lowest BCUT2D eigenvalue weighted by Crippen LogP contribution is -2.35. The minimum Gasteiger partial charge on any atom is -0.870 e. The maximum atomic E-state index is 12.7. The standard InChI is InChI=1S/C20H17N3O8/c1-3-31-20(27)11-4-6-13(7-5-11)22-19(26)15(18(25)21-22)9-12-8-14(23(28)29)10-16(30-2)17(12)24/h4-10,24H,3H2,1-2H3,(H,21,25)/p-1/b15-9-. The van der Waals surface area contributed by atoms with Crippen molar-refractivity contribution in [3.05, 3.63) is 63.2 Å². The fraction of sp³-hybridized carbons (Fsp3) is 0.150. The number of non-ortho nitro benzene ring substituents is 1. The average Bonchev–Trinajstić information content (AvgIpc) is 3.03. The Morgan fingerprint density at radius 3 is 2.48 bits per heavy atom. The number of carbonyl (C=O) groups is 3. The van der Waals surface area contributed by atoms with Crippen LogP contribution in [0.3, 0.4) is 0 Å². The topological polar surface area (TPSA) is 151 Å². The van der Waals surface area contributed by atoms with E-state index in [0.717, 1.165) is 23.2 Å². The number of anilines is 1. The lowest BCUT2D eigenvalue weighted by atomic mass is 10.1. The molecule has 3 rings (SSSR count). The van der Waals surface area contributed by atoms with Crippen molar-refractivity contribution < 1.29 is 33.9 Å². The van der Waals surface area contributed by atoms with Crippen molar-refractivity contribution in [1.82, 2.24) is 5.43 Å². The molecule has 2 aromatic rings. The number of nitrogens with zero attached hydrogens (tertiary/aromatic N) is 2. The van der Waals surface area contributed by atoms with Crippen LogP contribution >= 0.6 is 0 Å². The summed E-state index contributed by atoms with van der Waals surface area (Å²) in [6, 6.07) is 7.63. The number of hydrogen-bond acceptors (Lipinski definition) is 8. The van der Waals surface area contributed by atoms with Gasteiger partial charge in [0.2, 0.25) is 0 Å². The van der Waals surface area contributed by atoms with Crippen molar-refractivity contribution in [1.29, 1.82) is 0 Å². The van der Waals surface area contributed by atoms with Gasteiger partial charge in [-0.3, -0.25) is 25.1 Å². The highest BCUT2D eigenvalue weighted by molar-refractivity contribution is 6.31. The fourth-order valence-corrected chi connectivity index (χ4v) is 2.83. The van der Waals surface area contributed by atoms with Gasteiger partial charge in [0.15, 0.2) is 0 Å². The third kappa shape index (κ3) is 4.15. The minimum atomic E-state index is -0.802. The van der Waals surface area contributed by atoms with Crippen molar-refractivity contribution >= 4 is 35.2 Å². The van der Waals surface area contributed by atoms with Crippen LogP contribution in [0, 0.1) is 10.1 Å². The number of nitrogens with one attached hydrogen (secondary N) is 1. The molecule has 0 aliphatic carbocycles. The molecule has 1 N–H and O–H groups in total. The summed E-state index contributed by atoms with van der Waals surface area (Å²) in [5, 5.41) is 24.4. The molecular weight excluding hydrogens is 410 g/mol. The van der Waals surface area contributed by atoms with E-state index in [0.29, 0.717) is 0 Å². The van der Waals surface area contributed by atoms with Gasteiger partial charge in [0.1, 0.15) is 11.3 Å². The van der Waals surface area contributed by atoms with E-state index in [1.807, 2.05) is 0 Å². The summed E-state index contributed by atoms with van der Waals surface area (Å²) in [5.74, 6) is -3.12. The molecule has 31 heavy (non-hydrogen) atoms. The van der Waals surface area contributed by atoms with E-state index < -0.39 is 39.7 Å². The van der Waals surface area contributed by atoms with E-state index in [4.69, 9.17) is 9.47 Å². The van der Waals surface area contributed by atoms with Crippen molar-refractivity contribution in [2.45, 2.75) is 6.92 Å². The largest absolute Gasteiger partial charge is 0.870 e. The molecule has 11 nitrogen and oxygen atoms in total. The van der Waals surface area contributed by atoms with Gasteiger partial charge in [-0.05, 0) is 42.8 Å². The Morgan fingerprint density at radius 2 is 1.90 bits per heavy atom. The van der Waals surface area contributed by atoms with Crippen LogP contribution in [0.1, 0.15) is 22.8 Å². The molecule has 0 saturated carbocycles. The predicted molar refractivity (Wildman–Crippen MR) is 105 cm³/mol. The first-order valence-corrected chi connectivity index (χ1v) is 8.94. The maximum absolute atomic E-state index is 12.7. The number of hydrogen-bond donors (Lipinski definition) is 1. The summed E-state index contributed by atoms with van der Waals surface area (Å²) in [7, 11) is 1.17. The van der Waals surface area contributed by atoms with E-state index in [9.17, 15) is 29.6 Å². The Morgan fingerprint density at radius 1 is 1.23 bits per heavy atom. The summed E-state index contributed by atoms with van der Waals surface area (Å²) in [6.07, 6.45) is 0.975. The Labute approximate surface area is 175 Å². The molecule has 0 unspecified atom stereocenters. The molecule has 0 spiro atoms. The van der Waals surface area contributed by atoms with Gasteiger partial charge in [-0.25, -0.2) is 9.80 Å². The van der Waals surface area contributed by atoms with E-state index in [1.165, 1.54) is 31.4 Å². The van der Waals surface area contributed by atoms with Gasteiger partial charge in [-0.2, -0.15) is 0 Å². The fourth-order valence-electron chi connectivity index (χ4n) is 2.83. The van der Waals surface area contributed by atoms with Gasteiger partial charge in [-0.15, -0.1) is 0 Å². The third-order valence-corrected chi connectivity index (χ3v) is 4.33. The van der Waals surface area contributed by atoms with E-state index in [-0.39, 0.29) is 29.2 Å². The summed E-state index contributed by atoms with van der Waals surface area (Å²) in [6.45, 7) is 1.88. The van der Waals surface area contributed by atoms with Gasteiger partial charge in [0.05, 0.1) is 36.0 Å². The molecular formula is C20H16N3O8-. The molecule has 0 bridgehead atoms. The van der Waals surface area contributed by atoms with Crippen molar-refractivity contribution in [2.24, 2.45) is 0 Å². The van der Waals surface area contributed by atoms with E-state index in [2.05, 4.69) is 5.43 Å². The summed E-state index contributed by atoms with van der Waals surface area (Å²) in [5.41, 5.74) is 1.79. The predicted octanol–water partition coefficient (Wildman–Crippen LogP) is 1.32. The van der Waals surface area contributed by atoms with Crippen molar-refractivity contribution in [3.63, 3.8) is 0 Å². The Bertz CT molecular complexity index is 1110. The summed E-state index contributed by atoms with van der Waals surface area (Å²) >= 11 is 0. The zero-order valence-corrected chi connectivity index (χ0v) is 16.4. The van der Waals surface area contributed by atoms with E-state index in [1.54, 1.807) is 6.92 Å². The number of carbonyl (C=O) groups excluding carboxylic acids is 3. The first-order chi connectivity index (χ1) is 14.8. The summed E-state index contributed by atoms with van der Waals surface area (Å²) in [4.78, 5) is 47.2. The number of nitro benzene ring substituents is 1. The third-order valence-electron chi connectivity index (χ3n) is 4.33. The number of esters is 1. The highest BCUT2D eigenvalue weighted by atomic mass is 16.6. The van der Waals surface area contributed by atoms with Gasteiger partial charge < -0.3 is 14.6 Å². The number of rotatable bonds is 6. The minimum absolute atomic E-state index is 0.208. The second kappa shape index (κ2) is 8.53. The van der Waals surface area contributed by atoms with Crippen LogP contribution in [0.15, 0.2) is 42.0 Å². The highest BCUT2D eigenvalue weighted by Gasteiger charge is 2.34. The van der Waals surface area contributed by atoms with Crippen LogP contribution in [-0.4, -0.2) is 36.4 Å². The van der Waals surface area contributed by atoms with Crippen LogP contribution in [-0.2, 0) is 14.3 Å². The number of nitro groups is 1. The van der Waals surface area contributed by atoms with Crippen molar-refractivity contribution in [2.75, 3.05) is 18.7 Å². The zero-order valence-electron chi connectivity index (χ0n) is 16.4. The van der Waals surface area contributed by atoms with Crippen LogP contribution in [0.5, 0.6) is 11.5 Å². The molecule has 0 aromatic heterocycles. The van der Waals surface area contributed by atoms with Crippen LogP contribution in [0.4, 0.5) is 11.4 Å². The lowest BCUT2D eigenvalue weighted by molar-refractivity contribution is -0.385. The molecule has 1 aliphatic heterocycles. The molecule has 1 fully saturated rings. The lowest BCUT2D eigenvalue weighted by Gasteiger charge is -2.16. The number of ether oxygens (including phenoxy) is 2. The molecule has 1 saturated heterocycles. The molecule has 1 heterocycles. The first kappa shape index (κ1) is 21.3. The summed E-state index contributed by atoms with van der Waals surface area (Å²) < 4.78 is 9.74. The molecule has 11 heteroatoms. The number of methoxy groups -OCH3 is 1. The Kier molecular flexibility index (Phi) is 5.86. The van der Waals surface area contributed by atoms with Crippen LogP contribution in [0.25, 0.3) is 6.08 Å². The van der Waals surface area contributed by atoms with Crippen molar-refractivity contribution in [3.8, 4) is 11.5 Å². The van der Waals surface area contributed by atoms with Gasteiger partial charge >= 0.3 is 5.97 Å². The van der Waals surface area contributed by atoms with E-state index >= 15 is 0 Å². The number of amides is 2. The molecule has 160 valence electrons. The Hall–Kier alpha value is -4.41. The SMILES string of the molecule is CCOC(=O)c1ccc(N2NC(=O)/C(=C/c3cc([N+](=O)[O-])cc(OC)c3[O-])C2=O)cc1. The monoisotopic (exact) mass is 426 g/mol. The van der Waals surface area contributed by atoms with Gasteiger partial charge in [-0.1, -0.05) is 5.75 Å². The average molecular weight is 426 g/mol. The first-order valence-electron chi connectivity index (χ1n) is 8.94. The smallest absolute Gasteiger partial charge is 0.338 e. The number of hydrazine groups is 1. The van der Waals surface area contributed by atoms with Crippen LogP contribution in [0.2, 0.25) is 0 Å². The second-order valence-electron chi connectivity index (χ2n) is 6.23. The quantitative estimate of drug-likeness (QED) is 0.239. The molecule has 2 aromatic carbocycles. The highest BCUT2D eigenvalue weighted by Crippen LogP contribution is 2.34. The normalized spacial score (nSPS) is 14.5. The second-order valence-corrected chi connectivity index (χ2v) is 6.23.